The Morgan fingerprint density at radius 3 is 2.85 bits per heavy atom. The molecular weight excluding hydrogens is 271 g/mol. The molecular formula is C16H15O3P. The summed E-state index contributed by atoms with van der Waals surface area (Å²) < 4.78 is 18.3. The van der Waals surface area contributed by atoms with E-state index >= 15 is 0 Å². The van der Waals surface area contributed by atoms with Gasteiger partial charge in [0.2, 0.25) is 0 Å². The number of rotatable bonds is 3. The maximum Gasteiger partial charge on any atom is 0.356 e. The van der Waals surface area contributed by atoms with E-state index in [0.29, 0.717) is 11.7 Å². The molecule has 4 heteroatoms. The first-order chi connectivity index (χ1) is 9.59. The zero-order valence-electron chi connectivity index (χ0n) is 11.0. The number of allylic oxidation sites excluding steroid dienone is 3. The fraction of sp³-hybridized carbons (Fsp3) is 0.250. The van der Waals surface area contributed by atoms with E-state index in [9.17, 15) is 9.46 Å². The Balaban J connectivity index is 1.62. The molecule has 1 N–H and O–H groups in total. The highest BCUT2D eigenvalue weighted by Gasteiger charge is 2.48. The Labute approximate surface area is 117 Å². The normalized spacial score (nSPS) is 29.1. The lowest BCUT2D eigenvalue weighted by Crippen LogP contribution is -2.38. The highest BCUT2D eigenvalue weighted by atomic mass is 31.2. The van der Waals surface area contributed by atoms with Gasteiger partial charge in [0.15, 0.2) is 0 Å². The molecule has 0 heterocycles. The van der Waals surface area contributed by atoms with Gasteiger partial charge in [0, 0.05) is 11.7 Å². The molecule has 0 saturated heterocycles. The Morgan fingerprint density at radius 2 is 2.15 bits per heavy atom. The Kier molecular flexibility index (Phi) is 2.50. The minimum absolute atomic E-state index is 0.500. The summed E-state index contributed by atoms with van der Waals surface area (Å²) in [5.74, 6) is 0. The maximum absolute atomic E-state index is 12.6. The van der Waals surface area contributed by atoms with E-state index in [4.69, 9.17) is 4.52 Å². The Bertz CT molecular complexity index is 729. The second-order valence-electron chi connectivity index (χ2n) is 5.56. The molecule has 2 atom stereocenters. The van der Waals surface area contributed by atoms with E-state index in [1.165, 1.54) is 0 Å². The summed E-state index contributed by atoms with van der Waals surface area (Å²) in [6.45, 7) is 0. The fourth-order valence-corrected chi connectivity index (χ4v) is 4.61. The van der Waals surface area contributed by atoms with Gasteiger partial charge in [-0.05, 0) is 41.7 Å². The Hall–Kier alpha value is -1.41. The molecule has 1 saturated carbocycles. The van der Waals surface area contributed by atoms with Crippen molar-refractivity contribution >= 4 is 13.7 Å². The van der Waals surface area contributed by atoms with Crippen molar-refractivity contribution in [2.75, 3.05) is 0 Å². The quantitative estimate of drug-likeness (QED) is 0.859. The van der Waals surface area contributed by atoms with Crippen LogP contribution in [0.25, 0.3) is 6.08 Å². The second-order valence-corrected chi connectivity index (χ2v) is 7.36. The lowest BCUT2D eigenvalue weighted by molar-refractivity contribution is 0.0928. The molecule has 3 aliphatic rings. The summed E-state index contributed by atoms with van der Waals surface area (Å²) in [5, 5.41) is 0.500. The van der Waals surface area contributed by atoms with Crippen molar-refractivity contribution in [3.8, 4) is 0 Å². The van der Waals surface area contributed by atoms with Gasteiger partial charge in [-0.25, -0.2) is 0 Å². The largest absolute Gasteiger partial charge is 0.356 e. The van der Waals surface area contributed by atoms with Crippen LogP contribution >= 0.6 is 7.60 Å². The van der Waals surface area contributed by atoms with Crippen LogP contribution in [0.15, 0.2) is 53.4 Å². The van der Waals surface area contributed by atoms with E-state index in [1.54, 1.807) is 6.08 Å². The molecule has 1 aromatic rings. The van der Waals surface area contributed by atoms with Crippen LogP contribution in [-0.4, -0.2) is 10.5 Å². The number of hydrogen-bond acceptors (Lipinski definition) is 2. The Morgan fingerprint density at radius 1 is 1.30 bits per heavy atom. The highest BCUT2D eigenvalue weighted by molar-refractivity contribution is 7.57. The zero-order valence-corrected chi connectivity index (χ0v) is 11.8. The van der Waals surface area contributed by atoms with Crippen LogP contribution in [-0.2, 0) is 15.5 Å². The maximum atomic E-state index is 12.6. The number of fused-ring (bicyclic) bond motifs is 2. The van der Waals surface area contributed by atoms with E-state index < -0.39 is 13.2 Å². The molecule has 2 unspecified atom stereocenters. The first-order valence-corrected chi connectivity index (χ1v) is 8.38. The topological polar surface area (TPSA) is 46.5 Å². The molecule has 3 nitrogen and oxygen atoms in total. The van der Waals surface area contributed by atoms with Gasteiger partial charge in [0.1, 0.15) is 5.60 Å². The van der Waals surface area contributed by atoms with Crippen LogP contribution < -0.4 is 0 Å². The predicted molar refractivity (Wildman–Crippen MR) is 78.2 cm³/mol. The van der Waals surface area contributed by atoms with Crippen molar-refractivity contribution in [2.45, 2.75) is 24.9 Å². The monoisotopic (exact) mass is 286 g/mol. The molecule has 4 rings (SSSR count). The summed E-state index contributed by atoms with van der Waals surface area (Å²) in [6, 6.07) is 7.84. The minimum Gasteiger partial charge on any atom is -0.321 e. The molecule has 102 valence electrons. The van der Waals surface area contributed by atoms with Crippen molar-refractivity contribution in [2.24, 2.45) is 0 Å². The van der Waals surface area contributed by atoms with Crippen LogP contribution in [0.1, 0.15) is 24.0 Å². The smallest absolute Gasteiger partial charge is 0.321 e. The van der Waals surface area contributed by atoms with E-state index in [-0.39, 0.29) is 0 Å². The van der Waals surface area contributed by atoms with Gasteiger partial charge in [-0.15, -0.1) is 0 Å². The van der Waals surface area contributed by atoms with Gasteiger partial charge >= 0.3 is 7.60 Å². The molecule has 0 spiro atoms. The van der Waals surface area contributed by atoms with E-state index in [2.05, 4.69) is 0 Å². The van der Waals surface area contributed by atoms with Crippen LogP contribution in [0.5, 0.6) is 0 Å². The molecule has 20 heavy (non-hydrogen) atoms. The number of hydrogen-bond donors (Lipinski definition) is 1. The van der Waals surface area contributed by atoms with Crippen LogP contribution in [0.4, 0.5) is 0 Å². The first kappa shape index (κ1) is 12.3. The standard InChI is InChI=1S/C16H15O3P/c17-20(18,19-16-8-3-6-14(16)7-9-16)15-10-12-4-1-2-5-13(12)11-15/h1-6,8,10H,7,9,11H2,(H,17,18). The fourth-order valence-electron chi connectivity index (χ4n) is 3.11. The van der Waals surface area contributed by atoms with Gasteiger partial charge < -0.3 is 4.89 Å². The molecule has 0 aromatic heterocycles. The van der Waals surface area contributed by atoms with Crippen LogP contribution in [0, 0.1) is 0 Å². The average Bonchev–Trinajstić information content (AvgIpc) is 2.95. The lowest BCUT2D eigenvalue weighted by Gasteiger charge is -2.40. The summed E-state index contributed by atoms with van der Waals surface area (Å²) in [5.41, 5.74) is 2.61. The van der Waals surface area contributed by atoms with Gasteiger partial charge in [0.05, 0.1) is 0 Å². The summed E-state index contributed by atoms with van der Waals surface area (Å²) >= 11 is 0. The van der Waals surface area contributed by atoms with Gasteiger partial charge in [-0.1, -0.05) is 36.4 Å². The van der Waals surface area contributed by atoms with Crippen LogP contribution in [0.2, 0.25) is 0 Å². The molecule has 1 aromatic carbocycles. The van der Waals surface area contributed by atoms with Gasteiger partial charge in [-0.2, -0.15) is 0 Å². The van der Waals surface area contributed by atoms with Crippen molar-refractivity contribution in [3.63, 3.8) is 0 Å². The van der Waals surface area contributed by atoms with E-state index in [1.807, 2.05) is 42.5 Å². The highest BCUT2D eigenvalue weighted by Crippen LogP contribution is 2.62. The third-order valence-electron chi connectivity index (χ3n) is 4.37. The summed E-state index contributed by atoms with van der Waals surface area (Å²) in [4.78, 5) is 10.4. The van der Waals surface area contributed by atoms with Crippen molar-refractivity contribution in [1.82, 2.24) is 0 Å². The molecule has 0 bridgehead atoms. The summed E-state index contributed by atoms with van der Waals surface area (Å²) in [6.07, 6.45) is 9.85. The van der Waals surface area contributed by atoms with Crippen LogP contribution in [0.3, 0.4) is 0 Å². The third kappa shape index (κ3) is 1.71. The molecule has 0 aliphatic heterocycles. The van der Waals surface area contributed by atoms with Gasteiger partial charge in [-0.3, -0.25) is 9.09 Å². The van der Waals surface area contributed by atoms with Crippen molar-refractivity contribution < 1.29 is 14.0 Å². The SMILES string of the molecule is O=P(O)(OC12C=CC=C1CC2)C1=Cc2ccccc2C1. The van der Waals surface area contributed by atoms with E-state index in [0.717, 1.165) is 29.5 Å². The van der Waals surface area contributed by atoms with Crippen molar-refractivity contribution in [3.05, 3.63) is 64.5 Å². The molecule has 0 radical (unpaired) electrons. The second kappa shape index (κ2) is 4.05. The number of benzene rings is 1. The molecule has 3 aliphatic carbocycles. The average molecular weight is 286 g/mol. The molecule has 0 amide bonds. The summed E-state index contributed by atoms with van der Waals surface area (Å²) in [7, 11) is -3.75. The predicted octanol–water partition coefficient (Wildman–Crippen LogP) is 3.81. The lowest BCUT2D eigenvalue weighted by atomic mass is 9.77. The molecule has 1 fully saturated rings. The minimum atomic E-state index is -3.75. The third-order valence-corrected chi connectivity index (χ3v) is 5.96. The zero-order chi connectivity index (χ0) is 13.8. The van der Waals surface area contributed by atoms with Crippen molar-refractivity contribution in [1.29, 1.82) is 0 Å². The van der Waals surface area contributed by atoms with Gasteiger partial charge in [0.25, 0.3) is 0 Å². The first-order valence-electron chi connectivity index (χ1n) is 6.81.